The van der Waals surface area contributed by atoms with Gasteiger partial charge in [-0.3, -0.25) is 10.1 Å². The number of nitrogens with one attached hydrogen (secondary N) is 1. The van der Waals surface area contributed by atoms with E-state index in [1.807, 2.05) is 12.1 Å². The number of carboxylic acids is 1. The minimum absolute atomic E-state index is 0.00723. The van der Waals surface area contributed by atoms with Crippen molar-refractivity contribution in [1.82, 2.24) is 10.2 Å². The first-order chi connectivity index (χ1) is 14.1. The van der Waals surface area contributed by atoms with Crippen LogP contribution in [0.4, 0.5) is 0 Å². The highest BCUT2D eigenvalue weighted by Crippen LogP contribution is 2.29. The maximum atomic E-state index is 12.7. The number of carbonyl (C=O) groups excluding carboxylic acids is 1. The first-order valence-corrected chi connectivity index (χ1v) is 9.92. The Balaban J connectivity index is 1.41. The lowest BCUT2D eigenvalue weighted by Crippen LogP contribution is -2.47. The molecule has 0 saturated carbocycles. The van der Waals surface area contributed by atoms with E-state index in [-0.39, 0.29) is 29.6 Å². The summed E-state index contributed by atoms with van der Waals surface area (Å²) in [6.07, 6.45) is 3.16. The highest BCUT2D eigenvalue weighted by molar-refractivity contribution is 6.05. The molecule has 29 heavy (non-hydrogen) atoms. The minimum atomic E-state index is -0.968. The van der Waals surface area contributed by atoms with E-state index in [4.69, 9.17) is 4.74 Å². The third-order valence-electron chi connectivity index (χ3n) is 5.78. The van der Waals surface area contributed by atoms with Crippen molar-refractivity contribution in [3.05, 3.63) is 42.0 Å². The van der Waals surface area contributed by atoms with Crippen LogP contribution in [0.1, 0.15) is 36.0 Å². The number of fused-ring (bicyclic) bond motifs is 1. The Hall–Kier alpha value is -3.11. The molecule has 2 aliphatic rings. The Morgan fingerprint density at radius 1 is 1.17 bits per heavy atom. The topological polar surface area (TPSA) is 103 Å². The van der Waals surface area contributed by atoms with Crippen LogP contribution in [0.2, 0.25) is 0 Å². The van der Waals surface area contributed by atoms with E-state index in [2.05, 4.69) is 11.4 Å². The van der Waals surface area contributed by atoms with Crippen molar-refractivity contribution in [2.24, 2.45) is 0 Å². The molecule has 2 aliphatic heterocycles. The molecule has 0 spiro atoms. The third kappa shape index (κ3) is 3.76. The SMILES string of the molecule is N#C[C@@H]1CCCN1C(=O)[C@H]1CC[C@H](COc2cccc3c(C(=O)O)cccc23)N1. The smallest absolute Gasteiger partial charge is 0.336 e. The Labute approximate surface area is 168 Å². The van der Waals surface area contributed by atoms with Gasteiger partial charge in [0.15, 0.2) is 0 Å². The normalized spacial score (nSPS) is 23.8. The predicted molar refractivity (Wildman–Crippen MR) is 107 cm³/mol. The summed E-state index contributed by atoms with van der Waals surface area (Å²) in [6.45, 7) is 1.04. The Morgan fingerprint density at radius 2 is 1.97 bits per heavy atom. The molecule has 7 nitrogen and oxygen atoms in total. The van der Waals surface area contributed by atoms with Gasteiger partial charge in [-0.15, -0.1) is 0 Å². The van der Waals surface area contributed by atoms with Gasteiger partial charge in [-0.25, -0.2) is 4.79 Å². The van der Waals surface area contributed by atoms with E-state index >= 15 is 0 Å². The van der Waals surface area contributed by atoms with E-state index in [9.17, 15) is 20.0 Å². The lowest BCUT2D eigenvalue weighted by Gasteiger charge is -2.24. The quantitative estimate of drug-likeness (QED) is 0.809. The van der Waals surface area contributed by atoms with Crippen LogP contribution in [-0.2, 0) is 4.79 Å². The van der Waals surface area contributed by atoms with Gasteiger partial charge < -0.3 is 14.7 Å². The van der Waals surface area contributed by atoms with Gasteiger partial charge in [-0.2, -0.15) is 5.26 Å². The summed E-state index contributed by atoms with van der Waals surface area (Å²) in [7, 11) is 0. The number of aromatic carboxylic acids is 1. The van der Waals surface area contributed by atoms with Crippen molar-refractivity contribution < 1.29 is 19.4 Å². The molecule has 4 rings (SSSR count). The number of hydrogen-bond acceptors (Lipinski definition) is 5. The number of benzene rings is 2. The fourth-order valence-corrected chi connectivity index (χ4v) is 4.29. The molecule has 0 aromatic heterocycles. The molecule has 2 saturated heterocycles. The fraction of sp³-hybridized carbons (Fsp3) is 0.409. The van der Waals surface area contributed by atoms with Gasteiger partial charge in [0.05, 0.1) is 17.7 Å². The van der Waals surface area contributed by atoms with Crippen molar-refractivity contribution in [3.63, 3.8) is 0 Å². The van der Waals surface area contributed by atoms with Crippen molar-refractivity contribution in [2.45, 2.75) is 43.8 Å². The summed E-state index contributed by atoms with van der Waals surface area (Å²) in [6, 6.07) is 12.2. The van der Waals surface area contributed by atoms with E-state index in [0.717, 1.165) is 31.1 Å². The van der Waals surface area contributed by atoms with E-state index in [1.54, 1.807) is 29.2 Å². The van der Waals surface area contributed by atoms with Crippen LogP contribution in [0, 0.1) is 11.3 Å². The molecule has 150 valence electrons. The van der Waals surface area contributed by atoms with Crippen molar-refractivity contribution in [1.29, 1.82) is 5.26 Å². The zero-order valence-corrected chi connectivity index (χ0v) is 16.0. The largest absolute Gasteiger partial charge is 0.491 e. The number of nitriles is 1. The van der Waals surface area contributed by atoms with Crippen LogP contribution in [0.25, 0.3) is 10.8 Å². The number of carbonyl (C=O) groups is 2. The molecular formula is C22H23N3O4. The van der Waals surface area contributed by atoms with Crippen LogP contribution >= 0.6 is 0 Å². The number of hydrogen-bond donors (Lipinski definition) is 2. The molecule has 2 aromatic carbocycles. The number of amides is 1. The molecule has 0 unspecified atom stereocenters. The number of rotatable bonds is 5. The van der Waals surface area contributed by atoms with Crippen molar-refractivity contribution in [3.8, 4) is 11.8 Å². The van der Waals surface area contributed by atoms with Crippen molar-refractivity contribution in [2.75, 3.05) is 13.2 Å². The highest BCUT2D eigenvalue weighted by Gasteiger charge is 2.37. The van der Waals surface area contributed by atoms with Crippen LogP contribution in [-0.4, -0.2) is 53.2 Å². The van der Waals surface area contributed by atoms with E-state index in [0.29, 0.717) is 24.3 Å². The minimum Gasteiger partial charge on any atom is -0.491 e. The summed E-state index contributed by atoms with van der Waals surface area (Å²) in [5.74, 6) is -0.330. The molecule has 2 fully saturated rings. The molecule has 3 atom stereocenters. The molecule has 0 radical (unpaired) electrons. The standard InChI is InChI=1S/C22H23N3O4/c23-12-15-4-3-11-25(15)21(26)19-10-9-14(24-19)13-29-20-8-2-5-16-17(20)6-1-7-18(16)22(27)28/h1-2,5-8,14-15,19,24H,3-4,9-11,13H2,(H,27,28)/t14-,15+,19-/m1/s1. The summed E-state index contributed by atoms with van der Waals surface area (Å²) in [5.41, 5.74) is 0.246. The highest BCUT2D eigenvalue weighted by atomic mass is 16.5. The number of carboxylic acid groups (broad SMARTS) is 1. The first kappa shape index (κ1) is 19.2. The first-order valence-electron chi connectivity index (χ1n) is 9.92. The average Bonchev–Trinajstić information content (AvgIpc) is 3.40. The second-order valence-electron chi connectivity index (χ2n) is 7.59. The van der Waals surface area contributed by atoms with Crippen molar-refractivity contribution >= 4 is 22.6 Å². The summed E-state index contributed by atoms with van der Waals surface area (Å²) in [4.78, 5) is 25.9. The second kappa shape index (κ2) is 8.10. The average molecular weight is 393 g/mol. The number of likely N-dealkylation sites (tertiary alicyclic amines) is 1. The number of nitrogens with zero attached hydrogens (tertiary/aromatic N) is 2. The molecule has 1 amide bonds. The number of ether oxygens (including phenoxy) is 1. The molecule has 2 aromatic rings. The molecule has 7 heteroatoms. The lowest BCUT2D eigenvalue weighted by molar-refractivity contribution is -0.133. The Morgan fingerprint density at radius 3 is 2.76 bits per heavy atom. The predicted octanol–water partition coefficient (Wildman–Crippen LogP) is 2.55. The van der Waals surface area contributed by atoms with E-state index in [1.165, 1.54) is 0 Å². The van der Waals surface area contributed by atoms with Crippen LogP contribution in [0.5, 0.6) is 5.75 Å². The maximum absolute atomic E-state index is 12.7. The van der Waals surface area contributed by atoms with Crippen LogP contribution < -0.4 is 10.1 Å². The van der Waals surface area contributed by atoms with Gasteiger partial charge in [0.25, 0.3) is 0 Å². The molecule has 0 aliphatic carbocycles. The Bertz CT molecular complexity index is 984. The molecule has 0 bridgehead atoms. The van der Waals surface area contributed by atoms with Gasteiger partial charge in [-0.05, 0) is 43.2 Å². The van der Waals surface area contributed by atoms with E-state index < -0.39 is 5.97 Å². The zero-order valence-electron chi connectivity index (χ0n) is 16.0. The summed E-state index contributed by atoms with van der Waals surface area (Å²) in [5, 5.41) is 23.3. The van der Waals surface area contributed by atoms with Crippen LogP contribution in [0.3, 0.4) is 0 Å². The van der Waals surface area contributed by atoms with Gasteiger partial charge in [-0.1, -0.05) is 24.3 Å². The molecule has 2 N–H and O–H groups in total. The van der Waals surface area contributed by atoms with Crippen LogP contribution in [0.15, 0.2) is 36.4 Å². The second-order valence-corrected chi connectivity index (χ2v) is 7.59. The van der Waals surface area contributed by atoms with Gasteiger partial charge in [0, 0.05) is 18.0 Å². The summed E-state index contributed by atoms with van der Waals surface area (Å²) < 4.78 is 6.00. The zero-order chi connectivity index (χ0) is 20.4. The molecule has 2 heterocycles. The fourth-order valence-electron chi connectivity index (χ4n) is 4.29. The Kier molecular flexibility index (Phi) is 5.36. The van der Waals surface area contributed by atoms with Gasteiger partial charge >= 0.3 is 5.97 Å². The van der Waals surface area contributed by atoms with Gasteiger partial charge in [0.2, 0.25) is 5.91 Å². The van der Waals surface area contributed by atoms with Gasteiger partial charge in [0.1, 0.15) is 18.4 Å². The maximum Gasteiger partial charge on any atom is 0.336 e. The third-order valence-corrected chi connectivity index (χ3v) is 5.78. The molecular weight excluding hydrogens is 370 g/mol. The summed E-state index contributed by atoms with van der Waals surface area (Å²) >= 11 is 0. The lowest BCUT2D eigenvalue weighted by atomic mass is 10.0. The monoisotopic (exact) mass is 393 g/mol.